The van der Waals surface area contributed by atoms with Gasteiger partial charge in [-0.1, -0.05) is 29.8 Å². The predicted octanol–water partition coefficient (Wildman–Crippen LogP) is 5.02. The van der Waals surface area contributed by atoms with Crippen LogP contribution in [0.4, 0.5) is 5.13 Å². The highest BCUT2D eigenvalue weighted by molar-refractivity contribution is 7.14. The monoisotopic (exact) mass is 387 g/mol. The maximum Gasteiger partial charge on any atom is 0.185 e. The first-order valence-corrected chi connectivity index (χ1v) is 10.2. The van der Waals surface area contributed by atoms with E-state index in [-0.39, 0.29) is 0 Å². The van der Waals surface area contributed by atoms with E-state index in [1.54, 1.807) is 11.3 Å². The van der Waals surface area contributed by atoms with Crippen LogP contribution in [0.5, 0.6) is 0 Å². The summed E-state index contributed by atoms with van der Waals surface area (Å²) in [5, 5.41) is 12.4. The Morgan fingerprint density at radius 1 is 1.19 bits per heavy atom. The second kappa shape index (κ2) is 7.37. The summed E-state index contributed by atoms with van der Waals surface area (Å²) in [6.45, 7) is 6.33. The maximum absolute atomic E-state index is 6.31. The Balaban J connectivity index is 1.46. The number of benzene rings is 1. The van der Waals surface area contributed by atoms with E-state index in [1.807, 2.05) is 30.6 Å². The zero-order chi connectivity index (χ0) is 18.1. The summed E-state index contributed by atoms with van der Waals surface area (Å²) in [6.07, 6.45) is 4.00. The van der Waals surface area contributed by atoms with Gasteiger partial charge in [-0.05, 0) is 32.8 Å². The molecule has 0 atom stereocenters. The molecule has 1 aliphatic heterocycles. The molecule has 0 spiro atoms. The summed E-state index contributed by atoms with van der Waals surface area (Å²) >= 11 is 8.00. The van der Waals surface area contributed by atoms with Crippen molar-refractivity contribution in [3.63, 3.8) is 0 Å². The summed E-state index contributed by atoms with van der Waals surface area (Å²) < 4.78 is 2.19. The van der Waals surface area contributed by atoms with Crippen LogP contribution in [0.25, 0.3) is 11.3 Å². The Hall–Kier alpha value is -1.92. The minimum absolute atomic E-state index is 0.398. The summed E-state index contributed by atoms with van der Waals surface area (Å²) in [6, 6.07) is 8.27. The van der Waals surface area contributed by atoms with E-state index in [4.69, 9.17) is 16.6 Å². The van der Waals surface area contributed by atoms with Crippen molar-refractivity contribution in [2.24, 2.45) is 0 Å². The summed E-state index contributed by atoms with van der Waals surface area (Å²) in [5.41, 5.74) is 1.95. The van der Waals surface area contributed by atoms with Crippen LogP contribution in [0.2, 0.25) is 5.02 Å². The summed E-state index contributed by atoms with van der Waals surface area (Å²) in [7, 11) is 0. The minimum atomic E-state index is 0.398. The Morgan fingerprint density at radius 3 is 2.69 bits per heavy atom. The molecule has 1 aliphatic rings. The summed E-state index contributed by atoms with van der Waals surface area (Å²) in [5.74, 6) is 1.59. The molecule has 0 amide bonds. The first-order valence-electron chi connectivity index (χ1n) is 8.98. The van der Waals surface area contributed by atoms with E-state index in [0.717, 1.165) is 53.2 Å². The number of aromatic nitrogens is 4. The van der Waals surface area contributed by atoms with Crippen LogP contribution in [0.1, 0.15) is 44.5 Å². The van der Waals surface area contributed by atoms with E-state index in [9.17, 15) is 0 Å². The van der Waals surface area contributed by atoms with Crippen molar-refractivity contribution >= 4 is 28.1 Å². The summed E-state index contributed by atoms with van der Waals surface area (Å²) in [4.78, 5) is 7.20. The normalized spacial score (nSPS) is 15.8. The molecule has 7 heteroatoms. The van der Waals surface area contributed by atoms with Crippen molar-refractivity contribution in [3.05, 3.63) is 46.8 Å². The molecule has 0 aliphatic carbocycles. The lowest BCUT2D eigenvalue weighted by atomic mass is 9.96. The molecule has 26 heavy (non-hydrogen) atoms. The third kappa shape index (κ3) is 3.35. The van der Waals surface area contributed by atoms with Gasteiger partial charge in [-0.3, -0.25) is 0 Å². The molecule has 0 N–H and O–H groups in total. The fraction of sp³-hybridized carbons (Fsp3) is 0.421. The number of nitrogens with zero attached hydrogens (tertiary/aromatic N) is 5. The zero-order valence-corrected chi connectivity index (χ0v) is 16.5. The highest BCUT2D eigenvalue weighted by atomic mass is 35.5. The molecule has 3 aromatic rings. The average molecular weight is 388 g/mol. The third-order valence-electron chi connectivity index (χ3n) is 4.93. The number of anilines is 1. The molecule has 2 aromatic heterocycles. The minimum Gasteiger partial charge on any atom is -0.348 e. The molecule has 1 aromatic carbocycles. The topological polar surface area (TPSA) is 46.8 Å². The molecule has 1 fully saturated rings. The van der Waals surface area contributed by atoms with Crippen molar-refractivity contribution < 1.29 is 0 Å². The zero-order valence-electron chi connectivity index (χ0n) is 15.0. The Bertz CT molecular complexity index is 879. The number of thiazole rings is 1. The Morgan fingerprint density at radius 2 is 1.96 bits per heavy atom. The van der Waals surface area contributed by atoms with E-state index >= 15 is 0 Å². The molecule has 0 saturated carbocycles. The van der Waals surface area contributed by atoms with Crippen LogP contribution in [-0.4, -0.2) is 32.8 Å². The molecule has 5 nitrogen and oxygen atoms in total. The van der Waals surface area contributed by atoms with E-state index in [1.165, 1.54) is 0 Å². The lowest BCUT2D eigenvalue weighted by Gasteiger charge is -2.31. The molecule has 3 heterocycles. The first kappa shape index (κ1) is 17.5. The van der Waals surface area contributed by atoms with Crippen molar-refractivity contribution in [3.8, 4) is 11.3 Å². The molecule has 0 bridgehead atoms. The second-order valence-electron chi connectivity index (χ2n) is 6.95. The highest BCUT2D eigenvalue weighted by Crippen LogP contribution is 2.35. The quantitative estimate of drug-likeness (QED) is 0.630. The van der Waals surface area contributed by atoms with Gasteiger partial charge in [0.05, 0.1) is 5.69 Å². The van der Waals surface area contributed by atoms with Gasteiger partial charge in [0.25, 0.3) is 0 Å². The lowest BCUT2D eigenvalue weighted by molar-refractivity contribution is 0.449. The first-order chi connectivity index (χ1) is 12.6. The second-order valence-corrected chi connectivity index (χ2v) is 8.19. The van der Waals surface area contributed by atoms with Crippen molar-refractivity contribution in [1.82, 2.24) is 19.7 Å². The SMILES string of the molecule is CC(C)n1cnnc1C1CCN(c2nc(-c3ccccc3Cl)cs2)CC1. The van der Waals surface area contributed by atoms with Gasteiger partial charge in [0.15, 0.2) is 5.13 Å². The number of halogens is 1. The van der Waals surface area contributed by atoms with Crippen LogP contribution in [0.15, 0.2) is 36.0 Å². The fourth-order valence-electron chi connectivity index (χ4n) is 3.47. The highest BCUT2D eigenvalue weighted by Gasteiger charge is 2.26. The molecule has 136 valence electrons. The maximum atomic E-state index is 6.31. The van der Waals surface area contributed by atoms with Crippen molar-refractivity contribution in [2.75, 3.05) is 18.0 Å². The van der Waals surface area contributed by atoms with Gasteiger partial charge in [-0.25, -0.2) is 4.98 Å². The van der Waals surface area contributed by atoms with Crippen LogP contribution in [0, 0.1) is 0 Å². The van der Waals surface area contributed by atoms with Crippen LogP contribution in [0.3, 0.4) is 0 Å². The van der Waals surface area contributed by atoms with Gasteiger partial charge in [0.1, 0.15) is 12.2 Å². The van der Waals surface area contributed by atoms with Gasteiger partial charge < -0.3 is 9.47 Å². The number of rotatable bonds is 4. The van der Waals surface area contributed by atoms with Crippen LogP contribution in [-0.2, 0) is 0 Å². The standard InChI is InChI=1S/C19H22ClN5S/c1-13(2)25-12-21-23-18(25)14-7-9-24(10-8-14)19-22-17(11-26-19)15-5-3-4-6-16(15)20/h3-6,11-14H,7-10H2,1-2H3. The van der Waals surface area contributed by atoms with Gasteiger partial charge >= 0.3 is 0 Å². The Labute approximate surface area is 162 Å². The van der Waals surface area contributed by atoms with Crippen molar-refractivity contribution in [1.29, 1.82) is 0 Å². The van der Waals surface area contributed by atoms with Gasteiger partial charge in [-0.2, -0.15) is 0 Å². The molecule has 0 radical (unpaired) electrons. The van der Waals surface area contributed by atoms with E-state index < -0.39 is 0 Å². The average Bonchev–Trinajstić information content (AvgIpc) is 3.32. The smallest absolute Gasteiger partial charge is 0.185 e. The van der Waals surface area contributed by atoms with Gasteiger partial charge in [-0.15, -0.1) is 21.5 Å². The van der Waals surface area contributed by atoms with E-state index in [2.05, 4.69) is 38.9 Å². The van der Waals surface area contributed by atoms with Gasteiger partial charge in [0, 0.05) is 41.0 Å². The van der Waals surface area contributed by atoms with Crippen LogP contribution >= 0.6 is 22.9 Å². The molecular weight excluding hydrogens is 366 g/mol. The van der Waals surface area contributed by atoms with Crippen molar-refractivity contribution in [2.45, 2.75) is 38.6 Å². The Kier molecular flexibility index (Phi) is 4.96. The largest absolute Gasteiger partial charge is 0.348 e. The molecule has 4 rings (SSSR count). The third-order valence-corrected chi connectivity index (χ3v) is 6.16. The molecule has 0 unspecified atom stereocenters. The molecular formula is C19H22ClN5S. The molecule has 1 saturated heterocycles. The van der Waals surface area contributed by atoms with Crippen LogP contribution < -0.4 is 4.90 Å². The number of hydrogen-bond donors (Lipinski definition) is 0. The lowest BCUT2D eigenvalue weighted by Crippen LogP contribution is -2.33. The van der Waals surface area contributed by atoms with Gasteiger partial charge in [0.2, 0.25) is 0 Å². The predicted molar refractivity (Wildman–Crippen MR) is 107 cm³/mol. The number of piperidine rings is 1. The van der Waals surface area contributed by atoms with E-state index in [0.29, 0.717) is 12.0 Å². The number of hydrogen-bond acceptors (Lipinski definition) is 5. The fourth-order valence-corrected chi connectivity index (χ4v) is 4.58.